The van der Waals surface area contributed by atoms with Crippen molar-refractivity contribution in [2.45, 2.75) is 0 Å². The van der Waals surface area contributed by atoms with Crippen LogP contribution in [0.1, 0.15) is 0 Å². The van der Waals surface area contributed by atoms with E-state index in [-0.39, 0.29) is 17.4 Å². The molecule has 2 aromatic heterocycles. The van der Waals surface area contributed by atoms with E-state index in [1.807, 2.05) is 11.0 Å². The summed E-state index contributed by atoms with van der Waals surface area (Å²) in [6, 6.07) is 10.4. The Bertz CT molecular complexity index is 1370. The molecular formula is C24H19F2N5O2. The molecule has 0 bridgehead atoms. The lowest BCUT2D eigenvalue weighted by Gasteiger charge is -2.39. The first-order valence-electron chi connectivity index (χ1n) is 10.2. The number of amides is 1. The highest BCUT2D eigenvalue weighted by molar-refractivity contribution is 5.99. The third kappa shape index (κ3) is 3.71. The Morgan fingerprint density at radius 2 is 1.94 bits per heavy atom. The molecule has 33 heavy (non-hydrogen) atoms. The Labute approximate surface area is 187 Å². The summed E-state index contributed by atoms with van der Waals surface area (Å²) in [7, 11) is 1.50. The number of nitrogens with zero attached hydrogens (tertiary/aromatic N) is 4. The van der Waals surface area contributed by atoms with E-state index < -0.39 is 11.6 Å². The van der Waals surface area contributed by atoms with Crippen molar-refractivity contribution in [3.63, 3.8) is 0 Å². The van der Waals surface area contributed by atoms with E-state index in [0.717, 1.165) is 6.07 Å². The Kier molecular flexibility index (Phi) is 5.08. The van der Waals surface area contributed by atoms with Gasteiger partial charge in [-0.25, -0.2) is 18.7 Å². The Balaban J connectivity index is 1.73. The quantitative estimate of drug-likeness (QED) is 0.503. The molecule has 7 nitrogen and oxygen atoms in total. The van der Waals surface area contributed by atoms with E-state index >= 15 is 0 Å². The van der Waals surface area contributed by atoms with Gasteiger partial charge in [0.15, 0.2) is 5.82 Å². The first kappa shape index (κ1) is 20.7. The van der Waals surface area contributed by atoms with Crippen molar-refractivity contribution in [2.24, 2.45) is 11.7 Å². The molecule has 0 saturated carbocycles. The van der Waals surface area contributed by atoms with Crippen LogP contribution in [-0.2, 0) is 4.79 Å². The number of fused-ring (bicyclic) bond motifs is 1. The fourth-order valence-electron chi connectivity index (χ4n) is 3.92. The predicted octanol–water partition coefficient (Wildman–Crippen LogP) is 3.57. The van der Waals surface area contributed by atoms with Crippen LogP contribution in [0.2, 0.25) is 0 Å². The second kappa shape index (κ2) is 8.09. The first-order chi connectivity index (χ1) is 15.9. The van der Waals surface area contributed by atoms with Crippen molar-refractivity contribution >= 4 is 22.6 Å². The van der Waals surface area contributed by atoms with Gasteiger partial charge in [-0.1, -0.05) is 0 Å². The van der Waals surface area contributed by atoms with Crippen LogP contribution >= 0.6 is 0 Å². The number of anilines is 1. The number of benzene rings is 2. The summed E-state index contributed by atoms with van der Waals surface area (Å²) < 4.78 is 33.6. The van der Waals surface area contributed by atoms with Gasteiger partial charge in [0.1, 0.15) is 28.7 Å². The van der Waals surface area contributed by atoms with Gasteiger partial charge in [-0.05, 0) is 42.0 Å². The third-order valence-corrected chi connectivity index (χ3v) is 5.71. The van der Waals surface area contributed by atoms with Gasteiger partial charge in [0.2, 0.25) is 5.91 Å². The zero-order valence-corrected chi connectivity index (χ0v) is 17.6. The maximum absolute atomic E-state index is 14.6. The topological polar surface area (TPSA) is 94.2 Å². The average Bonchev–Trinajstić information content (AvgIpc) is 2.77. The normalized spacial score (nSPS) is 13.7. The minimum absolute atomic E-state index is 0.220. The number of aromatic nitrogens is 3. The van der Waals surface area contributed by atoms with Crippen LogP contribution < -0.4 is 15.4 Å². The molecule has 2 aromatic carbocycles. The Morgan fingerprint density at radius 3 is 2.61 bits per heavy atom. The number of methoxy groups -OCH3 is 1. The number of ether oxygens (including phenoxy) is 1. The van der Waals surface area contributed by atoms with E-state index in [2.05, 4.69) is 4.98 Å². The Hall–Kier alpha value is -4.14. The molecule has 1 fully saturated rings. The number of hydrogen-bond acceptors (Lipinski definition) is 6. The van der Waals surface area contributed by atoms with Crippen LogP contribution in [0.4, 0.5) is 14.6 Å². The van der Waals surface area contributed by atoms with Crippen molar-refractivity contribution in [3.8, 4) is 28.3 Å². The van der Waals surface area contributed by atoms with Crippen LogP contribution in [-0.4, -0.2) is 41.1 Å². The van der Waals surface area contributed by atoms with Gasteiger partial charge in [0.25, 0.3) is 0 Å². The fourth-order valence-corrected chi connectivity index (χ4v) is 3.92. The van der Waals surface area contributed by atoms with Crippen molar-refractivity contribution in [1.29, 1.82) is 0 Å². The highest BCUT2D eigenvalue weighted by Gasteiger charge is 2.34. The van der Waals surface area contributed by atoms with Gasteiger partial charge in [0.05, 0.1) is 13.0 Å². The zero-order valence-electron chi connectivity index (χ0n) is 17.6. The number of carbonyl (C=O) groups excluding carboxylic acids is 1. The molecule has 3 heterocycles. The third-order valence-electron chi connectivity index (χ3n) is 5.71. The van der Waals surface area contributed by atoms with Crippen LogP contribution in [0.25, 0.3) is 33.4 Å². The molecular weight excluding hydrogens is 428 g/mol. The number of rotatable bonds is 5. The molecule has 2 N–H and O–H groups in total. The molecule has 1 amide bonds. The number of nitrogens with two attached hydrogens (primary N) is 1. The summed E-state index contributed by atoms with van der Waals surface area (Å²) in [6.07, 6.45) is 3.31. The molecule has 1 saturated heterocycles. The van der Waals surface area contributed by atoms with Gasteiger partial charge >= 0.3 is 0 Å². The SMILES string of the molecule is COc1cc(-c2ccc(F)cc2F)cc2c(N3CC(C(N)=O)C3)nc(-c3cccnc3)nc12. The molecule has 0 atom stereocenters. The summed E-state index contributed by atoms with van der Waals surface area (Å²) in [5.41, 5.74) is 7.39. The zero-order chi connectivity index (χ0) is 23.1. The van der Waals surface area contributed by atoms with Crippen molar-refractivity contribution in [2.75, 3.05) is 25.1 Å². The maximum Gasteiger partial charge on any atom is 0.224 e. The predicted molar refractivity (Wildman–Crippen MR) is 120 cm³/mol. The van der Waals surface area contributed by atoms with Gasteiger partial charge in [-0.2, -0.15) is 0 Å². The molecule has 166 valence electrons. The molecule has 1 aliphatic rings. The highest BCUT2D eigenvalue weighted by atomic mass is 19.1. The fraction of sp³-hybridized carbons (Fsp3) is 0.167. The molecule has 0 radical (unpaired) electrons. The highest BCUT2D eigenvalue weighted by Crippen LogP contribution is 2.39. The number of pyridine rings is 1. The first-order valence-corrected chi connectivity index (χ1v) is 10.2. The van der Waals surface area contributed by atoms with Crippen molar-refractivity contribution in [1.82, 2.24) is 15.0 Å². The van der Waals surface area contributed by atoms with E-state index in [1.165, 1.54) is 19.2 Å². The maximum atomic E-state index is 14.6. The Morgan fingerprint density at radius 1 is 1.12 bits per heavy atom. The van der Waals surface area contributed by atoms with Crippen molar-refractivity contribution in [3.05, 3.63) is 66.5 Å². The van der Waals surface area contributed by atoms with E-state index in [9.17, 15) is 13.6 Å². The molecule has 0 spiro atoms. The smallest absolute Gasteiger partial charge is 0.224 e. The lowest BCUT2D eigenvalue weighted by molar-refractivity contribution is -0.122. The van der Waals surface area contributed by atoms with Crippen LogP contribution in [0.15, 0.2) is 54.9 Å². The minimum atomic E-state index is -0.691. The van der Waals surface area contributed by atoms with Gasteiger partial charge in [-0.15, -0.1) is 0 Å². The largest absolute Gasteiger partial charge is 0.494 e. The van der Waals surface area contributed by atoms with Crippen LogP contribution in [0, 0.1) is 17.6 Å². The molecule has 0 unspecified atom stereocenters. The van der Waals surface area contributed by atoms with Gasteiger partial charge < -0.3 is 15.4 Å². The summed E-state index contributed by atoms with van der Waals surface area (Å²) in [6.45, 7) is 0.816. The number of primary amides is 1. The van der Waals surface area contributed by atoms with Gasteiger partial charge in [-0.3, -0.25) is 9.78 Å². The van der Waals surface area contributed by atoms with E-state index in [1.54, 1.807) is 30.6 Å². The average molecular weight is 447 g/mol. The summed E-state index contributed by atoms with van der Waals surface area (Å²) in [4.78, 5) is 27.1. The van der Waals surface area contributed by atoms with Crippen molar-refractivity contribution < 1.29 is 18.3 Å². The molecule has 5 rings (SSSR count). The minimum Gasteiger partial charge on any atom is -0.494 e. The van der Waals surface area contributed by atoms with Crippen LogP contribution in [0.3, 0.4) is 0 Å². The summed E-state index contributed by atoms with van der Waals surface area (Å²) >= 11 is 0. The van der Waals surface area contributed by atoms with Crippen LogP contribution in [0.5, 0.6) is 5.75 Å². The van der Waals surface area contributed by atoms with Gasteiger partial charge in [0, 0.05) is 48.1 Å². The monoisotopic (exact) mass is 447 g/mol. The lowest BCUT2D eigenvalue weighted by atomic mass is 9.97. The summed E-state index contributed by atoms with van der Waals surface area (Å²) in [5, 5.41) is 0.614. The summed E-state index contributed by atoms with van der Waals surface area (Å²) in [5.74, 6) is -0.589. The van der Waals surface area contributed by atoms with E-state index in [4.69, 9.17) is 20.4 Å². The molecule has 1 aliphatic heterocycles. The second-order valence-electron chi connectivity index (χ2n) is 7.82. The number of carbonyl (C=O) groups is 1. The second-order valence-corrected chi connectivity index (χ2v) is 7.82. The van der Waals surface area contributed by atoms with E-state index in [0.29, 0.717) is 52.5 Å². The number of halogens is 2. The standard InChI is InChI=1S/C24H19F2N5O2/c1-33-20-8-14(17-5-4-16(25)9-19(17)26)7-18-21(20)29-23(13-3-2-6-28-10-13)30-24(18)31-11-15(12-31)22(27)32/h2-10,15H,11-12H2,1H3,(H2,27,32). The lowest BCUT2D eigenvalue weighted by Crippen LogP contribution is -2.53. The molecule has 4 aromatic rings. The number of hydrogen-bond donors (Lipinski definition) is 1. The molecule has 0 aliphatic carbocycles. The molecule has 9 heteroatoms.